The number of hydrogen-bond donors (Lipinski definition) is 1. The van der Waals surface area contributed by atoms with Gasteiger partial charge in [-0.25, -0.2) is 14.4 Å². The fraction of sp³-hybridized carbons (Fsp3) is 0.304. The minimum Gasteiger partial charge on any atom is -0.343 e. The Labute approximate surface area is 180 Å². The Kier molecular flexibility index (Phi) is 5.00. The molecule has 2 N–H and O–H groups in total. The molecule has 0 spiro atoms. The van der Waals surface area contributed by atoms with E-state index in [0.717, 1.165) is 41.5 Å². The molecule has 1 aliphatic rings. The third kappa shape index (κ3) is 3.66. The van der Waals surface area contributed by atoms with Crippen LogP contribution in [0.5, 0.6) is 0 Å². The van der Waals surface area contributed by atoms with Crippen molar-refractivity contribution < 1.29 is 22.5 Å². The first-order valence-electron chi connectivity index (χ1n) is 10.4. The van der Waals surface area contributed by atoms with Crippen molar-refractivity contribution >= 4 is 21.9 Å². The number of fused-ring (bicyclic) bond motifs is 3. The van der Waals surface area contributed by atoms with Crippen molar-refractivity contribution in [1.82, 2.24) is 14.5 Å². The highest BCUT2D eigenvalue weighted by molar-refractivity contribution is 6.00. The number of nitrogens with zero attached hydrogens (tertiary/aromatic N) is 2. The number of piperidine rings is 1. The summed E-state index contributed by atoms with van der Waals surface area (Å²) in [4.78, 5) is 20.7. The molecule has 4 aromatic rings. The maximum Gasteiger partial charge on any atom is 0.419 e. The van der Waals surface area contributed by atoms with Crippen LogP contribution >= 0.6 is 0 Å². The number of alkyl halides is 3. The SMILES string of the molecule is O=c1ccn(C2CCN(Cc3ccc(F)c(C(F)(F)F)c3)CC2)c2c1c[nH+]c1[nH]ccc12. The Morgan fingerprint density at radius 1 is 1.09 bits per heavy atom. The van der Waals surface area contributed by atoms with E-state index in [9.17, 15) is 22.4 Å². The lowest BCUT2D eigenvalue weighted by Gasteiger charge is -2.34. The van der Waals surface area contributed by atoms with E-state index in [1.807, 2.05) is 18.5 Å². The number of halogens is 4. The van der Waals surface area contributed by atoms with E-state index in [1.54, 1.807) is 12.3 Å². The maximum atomic E-state index is 13.6. The molecule has 4 heterocycles. The Morgan fingerprint density at radius 2 is 1.88 bits per heavy atom. The molecule has 0 aliphatic carbocycles. The molecule has 9 heteroatoms. The van der Waals surface area contributed by atoms with Crippen molar-refractivity contribution in [1.29, 1.82) is 0 Å². The van der Waals surface area contributed by atoms with E-state index in [-0.39, 0.29) is 11.5 Å². The van der Waals surface area contributed by atoms with Gasteiger partial charge < -0.3 is 4.57 Å². The molecular formula is C23H21F4N4O+. The van der Waals surface area contributed by atoms with Gasteiger partial charge in [-0.05, 0) is 36.6 Å². The molecule has 1 fully saturated rings. The lowest BCUT2D eigenvalue weighted by atomic mass is 10.0. The fourth-order valence-corrected chi connectivity index (χ4v) is 4.63. The Balaban J connectivity index is 1.37. The van der Waals surface area contributed by atoms with Crippen molar-refractivity contribution in [2.75, 3.05) is 13.1 Å². The number of pyridine rings is 2. The molecule has 0 radical (unpaired) electrons. The quantitative estimate of drug-likeness (QED) is 0.479. The van der Waals surface area contributed by atoms with Gasteiger partial charge in [0.05, 0.1) is 28.0 Å². The van der Waals surface area contributed by atoms with Gasteiger partial charge in [0.15, 0.2) is 5.43 Å². The number of H-pyrrole nitrogens is 2. The number of likely N-dealkylation sites (tertiary alicyclic amines) is 1. The molecule has 0 atom stereocenters. The summed E-state index contributed by atoms with van der Waals surface area (Å²) in [6.45, 7) is 1.70. The molecule has 1 saturated heterocycles. The van der Waals surface area contributed by atoms with Crippen LogP contribution in [0, 0.1) is 5.82 Å². The number of rotatable bonds is 3. The average Bonchev–Trinajstić information content (AvgIpc) is 3.24. The number of nitrogens with one attached hydrogen (secondary N) is 2. The molecule has 32 heavy (non-hydrogen) atoms. The van der Waals surface area contributed by atoms with Crippen LogP contribution in [0.25, 0.3) is 21.9 Å². The van der Waals surface area contributed by atoms with Crippen LogP contribution in [0.1, 0.15) is 30.0 Å². The van der Waals surface area contributed by atoms with Crippen LogP contribution in [0.3, 0.4) is 0 Å². The summed E-state index contributed by atoms with van der Waals surface area (Å²) in [7, 11) is 0. The molecule has 5 rings (SSSR count). The van der Waals surface area contributed by atoms with Gasteiger partial charge in [0.1, 0.15) is 12.0 Å². The highest BCUT2D eigenvalue weighted by Crippen LogP contribution is 2.33. The molecule has 0 saturated carbocycles. The van der Waals surface area contributed by atoms with Crippen molar-refractivity contribution in [2.45, 2.75) is 31.6 Å². The molecule has 166 valence electrons. The zero-order chi connectivity index (χ0) is 22.5. The zero-order valence-corrected chi connectivity index (χ0v) is 17.0. The van der Waals surface area contributed by atoms with Gasteiger partial charge in [0, 0.05) is 37.9 Å². The minimum atomic E-state index is -4.71. The van der Waals surface area contributed by atoms with E-state index in [4.69, 9.17) is 0 Å². The first kappa shape index (κ1) is 20.7. The molecule has 1 aromatic carbocycles. The number of hydrogen-bond acceptors (Lipinski definition) is 2. The zero-order valence-electron chi connectivity index (χ0n) is 17.0. The highest BCUT2D eigenvalue weighted by Gasteiger charge is 2.34. The predicted octanol–water partition coefficient (Wildman–Crippen LogP) is 4.29. The van der Waals surface area contributed by atoms with Gasteiger partial charge >= 0.3 is 6.18 Å². The van der Waals surface area contributed by atoms with E-state index in [1.165, 1.54) is 6.07 Å². The van der Waals surface area contributed by atoms with Gasteiger partial charge in [-0.2, -0.15) is 13.2 Å². The Hall–Kier alpha value is -3.20. The van der Waals surface area contributed by atoms with Gasteiger partial charge in [0.2, 0.25) is 0 Å². The summed E-state index contributed by atoms with van der Waals surface area (Å²) < 4.78 is 54.7. The first-order chi connectivity index (χ1) is 15.3. The second-order valence-electron chi connectivity index (χ2n) is 8.22. The molecule has 0 bridgehead atoms. The summed E-state index contributed by atoms with van der Waals surface area (Å²) in [5, 5.41) is 1.56. The molecule has 3 aromatic heterocycles. The van der Waals surface area contributed by atoms with E-state index in [2.05, 4.69) is 19.4 Å². The fourth-order valence-electron chi connectivity index (χ4n) is 4.63. The minimum absolute atomic E-state index is 0.0511. The third-order valence-corrected chi connectivity index (χ3v) is 6.22. The summed E-state index contributed by atoms with van der Waals surface area (Å²) in [5.41, 5.74) is 0.877. The van der Waals surface area contributed by atoms with Crippen LogP contribution < -0.4 is 10.4 Å². The second kappa shape index (κ2) is 7.74. The largest absolute Gasteiger partial charge is 0.419 e. The van der Waals surface area contributed by atoms with E-state index >= 15 is 0 Å². The molecule has 0 unspecified atom stereocenters. The number of aromatic nitrogens is 3. The molecular weight excluding hydrogens is 424 g/mol. The highest BCUT2D eigenvalue weighted by atomic mass is 19.4. The lowest BCUT2D eigenvalue weighted by molar-refractivity contribution is -0.345. The number of aromatic amines is 2. The van der Waals surface area contributed by atoms with Crippen LogP contribution in [-0.2, 0) is 12.7 Å². The Bertz CT molecular complexity index is 1350. The summed E-state index contributed by atoms with van der Waals surface area (Å²) in [5.74, 6) is -1.25. The van der Waals surface area contributed by atoms with E-state index in [0.29, 0.717) is 30.6 Å². The smallest absolute Gasteiger partial charge is 0.343 e. The standard InChI is InChI=1S/C23H20F4N4O/c24-19-2-1-14(11-18(19)23(25,26)27)13-30-8-4-15(5-9-30)31-10-6-20(32)17-12-29-22-16(21(17)31)3-7-28-22/h1-3,6-7,10-12,15H,4-5,8-9,13H2,(H,28,29)/p+1. The second-order valence-corrected chi connectivity index (χ2v) is 8.22. The van der Waals surface area contributed by atoms with Gasteiger partial charge in [0.25, 0.3) is 5.65 Å². The molecule has 5 nitrogen and oxygen atoms in total. The third-order valence-electron chi connectivity index (χ3n) is 6.22. The lowest BCUT2D eigenvalue weighted by Crippen LogP contribution is -2.34. The normalized spacial score (nSPS) is 16.2. The van der Waals surface area contributed by atoms with Crippen LogP contribution in [-0.4, -0.2) is 27.5 Å². The van der Waals surface area contributed by atoms with Crippen molar-refractivity contribution in [3.8, 4) is 0 Å². The molecule has 1 aliphatic heterocycles. The first-order valence-corrected chi connectivity index (χ1v) is 10.4. The van der Waals surface area contributed by atoms with Crippen LogP contribution in [0.2, 0.25) is 0 Å². The van der Waals surface area contributed by atoms with Gasteiger partial charge in [-0.3, -0.25) is 9.69 Å². The maximum absolute atomic E-state index is 13.6. The Morgan fingerprint density at radius 3 is 2.62 bits per heavy atom. The van der Waals surface area contributed by atoms with Crippen LogP contribution in [0.15, 0.2) is 53.7 Å². The van der Waals surface area contributed by atoms with Crippen molar-refractivity contribution in [3.63, 3.8) is 0 Å². The van der Waals surface area contributed by atoms with Gasteiger partial charge in [-0.15, -0.1) is 0 Å². The van der Waals surface area contributed by atoms with Crippen molar-refractivity contribution in [3.05, 3.63) is 76.1 Å². The monoisotopic (exact) mass is 445 g/mol. The summed E-state index contributed by atoms with van der Waals surface area (Å²) >= 11 is 0. The molecule has 0 amide bonds. The van der Waals surface area contributed by atoms with E-state index < -0.39 is 17.6 Å². The predicted molar refractivity (Wildman–Crippen MR) is 112 cm³/mol. The van der Waals surface area contributed by atoms with Gasteiger partial charge in [-0.1, -0.05) is 6.07 Å². The van der Waals surface area contributed by atoms with Crippen molar-refractivity contribution in [2.24, 2.45) is 0 Å². The number of benzene rings is 1. The van der Waals surface area contributed by atoms with Crippen LogP contribution in [0.4, 0.5) is 17.6 Å². The topological polar surface area (TPSA) is 55.2 Å². The summed E-state index contributed by atoms with van der Waals surface area (Å²) in [6.07, 6.45) is 2.23. The average molecular weight is 445 g/mol. The summed E-state index contributed by atoms with van der Waals surface area (Å²) in [6, 6.07) is 6.86.